The van der Waals surface area contributed by atoms with Crippen LogP contribution in [0, 0.1) is 12.7 Å². The topological polar surface area (TPSA) is 134 Å². The van der Waals surface area contributed by atoms with Crippen molar-refractivity contribution in [1.82, 2.24) is 15.3 Å². The standard InChI is InChI=1S/C26H26FN3O2.C4H4O4/c1-15-2-6-20-24(30-15)8-9-25-26(20)32-19(14-31-25)12-28-18-5-3-16(10-18)22-13-29-23-7-4-17(27)11-21(22)23;5-3(6)1-2-4(7)8/h2,4,6-9,11,13,16,18-19,28-29H,3,5,10,12,14H2,1H3;1-2H,(H,5,6)(H,7,8)/b;2-1+/t16?,18?,19-;/m0./s1. The van der Waals surface area contributed by atoms with E-state index in [-0.39, 0.29) is 11.9 Å². The summed E-state index contributed by atoms with van der Waals surface area (Å²) in [6.07, 6.45) is 6.36. The van der Waals surface area contributed by atoms with Gasteiger partial charge in [0.25, 0.3) is 0 Å². The SMILES string of the molecule is Cc1ccc2c3c(ccc2n1)OC[C@H](CNC1CCC(c2c[nH]c4ccc(F)cc24)C1)O3.O=C(O)/C=C/C(=O)O. The van der Waals surface area contributed by atoms with Crippen molar-refractivity contribution in [1.29, 1.82) is 0 Å². The Morgan fingerprint density at radius 2 is 1.90 bits per heavy atom. The normalized spacial score (nSPS) is 20.0. The maximum Gasteiger partial charge on any atom is 0.328 e. The Labute approximate surface area is 229 Å². The van der Waals surface area contributed by atoms with E-state index in [0.29, 0.717) is 30.7 Å². The zero-order valence-electron chi connectivity index (χ0n) is 21.9. The van der Waals surface area contributed by atoms with E-state index in [4.69, 9.17) is 19.7 Å². The number of aromatic amines is 1. The third-order valence-electron chi connectivity index (χ3n) is 7.19. The van der Waals surface area contributed by atoms with Crippen LogP contribution in [0.5, 0.6) is 11.5 Å². The van der Waals surface area contributed by atoms with Gasteiger partial charge in [-0.15, -0.1) is 0 Å². The second-order valence-electron chi connectivity index (χ2n) is 10.0. The summed E-state index contributed by atoms with van der Waals surface area (Å²) < 4.78 is 26.1. The molecule has 2 aromatic heterocycles. The van der Waals surface area contributed by atoms with Crippen LogP contribution in [-0.2, 0) is 9.59 Å². The van der Waals surface area contributed by atoms with Crippen LogP contribution in [0.2, 0.25) is 0 Å². The minimum Gasteiger partial charge on any atom is -0.486 e. The van der Waals surface area contributed by atoms with Gasteiger partial charge in [-0.3, -0.25) is 4.98 Å². The Hall–Kier alpha value is -4.44. The first kappa shape index (κ1) is 27.1. The van der Waals surface area contributed by atoms with E-state index < -0.39 is 11.9 Å². The summed E-state index contributed by atoms with van der Waals surface area (Å²) in [5.74, 6) is -0.686. The number of carboxylic acid groups (broad SMARTS) is 2. The molecule has 9 nitrogen and oxygen atoms in total. The number of H-pyrrole nitrogens is 1. The summed E-state index contributed by atoms with van der Waals surface area (Å²) in [4.78, 5) is 27.0. The molecule has 2 aliphatic rings. The van der Waals surface area contributed by atoms with Crippen LogP contribution in [0.3, 0.4) is 0 Å². The Morgan fingerprint density at radius 1 is 1.10 bits per heavy atom. The number of hydrogen-bond acceptors (Lipinski definition) is 6. The molecule has 1 saturated carbocycles. The minimum atomic E-state index is -1.26. The molecule has 1 fully saturated rings. The first-order valence-corrected chi connectivity index (χ1v) is 13.1. The molecule has 0 saturated heterocycles. The maximum absolute atomic E-state index is 13.8. The van der Waals surface area contributed by atoms with Crippen molar-refractivity contribution < 1.29 is 33.7 Å². The lowest BCUT2D eigenvalue weighted by atomic mass is 9.97. The second kappa shape index (κ2) is 11.7. The van der Waals surface area contributed by atoms with E-state index in [1.54, 1.807) is 6.07 Å². The average Bonchev–Trinajstić information content (AvgIpc) is 3.57. The van der Waals surface area contributed by atoms with E-state index in [0.717, 1.165) is 64.8 Å². The number of halogens is 1. The van der Waals surface area contributed by atoms with Gasteiger partial charge in [-0.2, -0.15) is 0 Å². The number of nitrogens with zero attached hydrogens (tertiary/aromatic N) is 1. The number of rotatable bonds is 6. The van der Waals surface area contributed by atoms with Gasteiger partial charge in [0.15, 0.2) is 11.5 Å². The highest BCUT2D eigenvalue weighted by atomic mass is 19.1. The summed E-state index contributed by atoms with van der Waals surface area (Å²) in [5, 5.41) is 21.3. The van der Waals surface area contributed by atoms with E-state index in [1.165, 1.54) is 11.6 Å². The summed E-state index contributed by atoms with van der Waals surface area (Å²) in [5.41, 5.74) is 4.14. The maximum atomic E-state index is 13.8. The van der Waals surface area contributed by atoms with Crippen LogP contribution in [0.1, 0.15) is 36.4 Å². The van der Waals surface area contributed by atoms with Crippen LogP contribution in [0.4, 0.5) is 4.39 Å². The lowest BCUT2D eigenvalue weighted by Crippen LogP contribution is -2.41. The quantitative estimate of drug-likeness (QED) is 0.250. The molecule has 10 heteroatoms. The molecule has 0 spiro atoms. The van der Waals surface area contributed by atoms with Gasteiger partial charge < -0.3 is 30.0 Å². The van der Waals surface area contributed by atoms with Crippen LogP contribution >= 0.6 is 0 Å². The molecule has 208 valence electrons. The van der Waals surface area contributed by atoms with Gasteiger partial charge >= 0.3 is 11.9 Å². The molecule has 6 rings (SSSR count). The zero-order chi connectivity index (χ0) is 28.2. The number of aliphatic carboxylic acids is 2. The number of nitrogens with one attached hydrogen (secondary N) is 2. The fraction of sp³-hybridized carbons (Fsp3) is 0.300. The number of carbonyl (C=O) groups is 2. The number of fused-ring (bicyclic) bond motifs is 4. The molecule has 0 bridgehead atoms. The predicted octanol–water partition coefficient (Wildman–Crippen LogP) is 4.94. The number of carboxylic acids is 2. The lowest BCUT2D eigenvalue weighted by molar-refractivity contribution is -0.134. The van der Waals surface area contributed by atoms with Gasteiger partial charge in [0.05, 0.1) is 5.52 Å². The number of pyridine rings is 1. The number of benzene rings is 2. The Balaban J connectivity index is 0.000000355. The number of aromatic nitrogens is 2. The monoisotopic (exact) mass is 547 g/mol. The second-order valence-corrected chi connectivity index (χ2v) is 10.0. The molecule has 3 heterocycles. The first-order chi connectivity index (χ1) is 19.3. The zero-order valence-corrected chi connectivity index (χ0v) is 21.9. The van der Waals surface area contributed by atoms with E-state index in [1.807, 2.05) is 37.4 Å². The first-order valence-electron chi connectivity index (χ1n) is 13.1. The fourth-order valence-corrected chi connectivity index (χ4v) is 5.32. The molecule has 2 unspecified atom stereocenters. The Bertz CT molecular complexity index is 1570. The average molecular weight is 548 g/mol. The molecule has 4 aromatic rings. The number of aryl methyl sites for hydroxylation is 1. The van der Waals surface area contributed by atoms with Crippen molar-refractivity contribution in [2.45, 2.75) is 44.2 Å². The smallest absolute Gasteiger partial charge is 0.328 e. The molecule has 2 aromatic carbocycles. The molecule has 4 N–H and O–H groups in total. The number of ether oxygens (including phenoxy) is 2. The van der Waals surface area contributed by atoms with Gasteiger partial charge in [0.2, 0.25) is 0 Å². The van der Waals surface area contributed by atoms with E-state index >= 15 is 0 Å². The largest absolute Gasteiger partial charge is 0.486 e. The summed E-state index contributed by atoms with van der Waals surface area (Å²) in [6, 6.07) is 13.4. The van der Waals surface area contributed by atoms with Gasteiger partial charge in [0.1, 0.15) is 18.5 Å². The van der Waals surface area contributed by atoms with Crippen molar-refractivity contribution in [3.05, 3.63) is 77.9 Å². The van der Waals surface area contributed by atoms with Crippen molar-refractivity contribution in [2.75, 3.05) is 13.2 Å². The van der Waals surface area contributed by atoms with Crippen molar-refractivity contribution in [3.63, 3.8) is 0 Å². The molecule has 1 aliphatic carbocycles. The minimum absolute atomic E-state index is 0.0457. The van der Waals surface area contributed by atoms with Crippen LogP contribution in [-0.4, -0.2) is 57.4 Å². The van der Waals surface area contributed by atoms with Gasteiger partial charge in [-0.05, 0) is 80.1 Å². The molecule has 0 radical (unpaired) electrons. The van der Waals surface area contributed by atoms with Crippen LogP contribution in [0.25, 0.3) is 21.8 Å². The van der Waals surface area contributed by atoms with E-state index in [9.17, 15) is 14.0 Å². The third kappa shape index (κ3) is 6.23. The summed E-state index contributed by atoms with van der Waals surface area (Å²) in [7, 11) is 0. The highest BCUT2D eigenvalue weighted by Gasteiger charge is 2.29. The van der Waals surface area contributed by atoms with E-state index in [2.05, 4.69) is 21.4 Å². The molecular weight excluding hydrogens is 517 g/mol. The third-order valence-corrected chi connectivity index (χ3v) is 7.19. The summed E-state index contributed by atoms with van der Waals surface area (Å²) in [6.45, 7) is 3.25. The van der Waals surface area contributed by atoms with Gasteiger partial charge in [-0.1, -0.05) is 0 Å². The van der Waals surface area contributed by atoms with Gasteiger partial charge in [0, 0.05) is 52.9 Å². The predicted molar refractivity (Wildman–Crippen MR) is 147 cm³/mol. The molecule has 40 heavy (non-hydrogen) atoms. The Morgan fingerprint density at radius 3 is 2.67 bits per heavy atom. The molecule has 3 atom stereocenters. The van der Waals surface area contributed by atoms with Gasteiger partial charge in [-0.25, -0.2) is 14.0 Å². The molecular formula is C30H30FN3O6. The number of hydrogen-bond donors (Lipinski definition) is 4. The lowest BCUT2D eigenvalue weighted by Gasteiger charge is -2.28. The Kier molecular flexibility index (Phi) is 7.97. The highest BCUT2D eigenvalue weighted by Crippen LogP contribution is 2.40. The van der Waals surface area contributed by atoms with Crippen molar-refractivity contribution in [3.8, 4) is 11.5 Å². The fourth-order valence-electron chi connectivity index (χ4n) is 5.32. The van der Waals surface area contributed by atoms with Crippen molar-refractivity contribution in [2.24, 2.45) is 0 Å². The summed E-state index contributed by atoms with van der Waals surface area (Å²) >= 11 is 0. The van der Waals surface area contributed by atoms with Crippen LogP contribution < -0.4 is 14.8 Å². The molecule has 1 aliphatic heterocycles. The molecule has 0 amide bonds. The van der Waals surface area contributed by atoms with Crippen molar-refractivity contribution >= 4 is 33.7 Å². The van der Waals surface area contributed by atoms with Crippen LogP contribution in [0.15, 0.2) is 60.8 Å². The highest BCUT2D eigenvalue weighted by molar-refractivity contribution is 5.90.